The van der Waals surface area contributed by atoms with Crippen LogP contribution in [0.25, 0.3) is 0 Å². The van der Waals surface area contributed by atoms with Crippen molar-refractivity contribution in [1.82, 2.24) is 10.2 Å². The average Bonchev–Trinajstić information content (AvgIpc) is 3.10. The van der Waals surface area contributed by atoms with E-state index >= 15 is 4.39 Å². The second kappa shape index (κ2) is 11.9. The number of hydrogen-bond donors (Lipinski definition) is 2. The molecule has 10 nitrogen and oxygen atoms in total. The molecular weight excluding hydrogens is 525 g/mol. The SMILES string of the molecule is C=C1NC(=O)C=CN1[C@@H]1O[C@H]([C@@H](C)O[P@](=O)(C[C@@H](C)C(=O)OC(C)C)Oc2ccccc2)[C@H](O)C1(F)CF. The molecule has 7 atom stereocenters. The molecule has 2 aliphatic rings. The van der Waals surface area contributed by atoms with Crippen molar-refractivity contribution < 1.29 is 46.6 Å². The van der Waals surface area contributed by atoms with Gasteiger partial charge in [-0.2, -0.15) is 0 Å². The molecule has 1 fully saturated rings. The monoisotopic (exact) mass is 558 g/mol. The molecule has 1 aromatic carbocycles. The second-order valence-electron chi connectivity index (χ2n) is 9.51. The van der Waals surface area contributed by atoms with Gasteiger partial charge in [-0.05, 0) is 32.9 Å². The maximum Gasteiger partial charge on any atom is 0.380 e. The highest BCUT2D eigenvalue weighted by Gasteiger charge is 2.62. The Bertz CT molecular complexity index is 1100. The number of nitrogens with zero attached hydrogens (tertiary/aromatic N) is 1. The molecule has 38 heavy (non-hydrogen) atoms. The zero-order valence-corrected chi connectivity index (χ0v) is 22.5. The zero-order chi connectivity index (χ0) is 28.3. The molecule has 210 valence electrons. The Kier molecular flexibility index (Phi) is 9.35. The van der Waals surface area contributed by atoms with E-state index in [4.69, 9.17) is 18.5 Å². The van der Waals surface area contributed by atoms with E-state index in [0.717, 1.165) is 17.2 Å². The lowest BCUT2D eigenvalue weighted by molar-refractivity contribution is -0.151. The number of hydrogen-bond acceptors (Lipinski definition) is 9. The minimum atomic E-state index is -4.16. The van der Waals surface area contributed by atoms with Gasteiger partial charge in [-0.1, -0.05) is 31.7 Å². The summed E-state index contributed by atoms with van der Waals surface area (Å²) >= 11 is 0. The van der Waals surface area contributed by atoms with Crippen molar-refractivity contribution in [3.05, 3.63) is 55.0 Å². The molecular formula is C25H33F2N2O8P. The van der Waals surface area contributed by atoms with Crippen LogP contribution < -0.4 is 9.84 Å². The van der Waals surface area contributed by atoms with Gasteiger partial charge in [0.15, 0.2) is 6.23 Å². The Morgan fingerprint density at radius 1 is 1.29 bits per heavy atom. The van der Waals surface area contributed by atoms with Gasteiger partial charge in [-0.25, -0.2) is 13.3 Å². The first-order valence-electron chi connectivity index (χ1n) is 12.1. The van der Waals surface area contributed by atoms with Gasteiger partial charge in [0, 0.05) is 12.3 Å². The number of ether oxygens (including phenoxy) is 2. The normalized spacial score (nSPS) is 28.5. The molecule has 2 N–H and O–H groups in total. The van der Waals surface area contributed by atoms with E-state index in [2.05, 4.69) is 11.9 Å². The molecule has 1 amide bonds. The van der Waals surface area contributed by atoms with Crippen LogP contribution in [0.15, 0.2) is 55.0 Å². The number of alkyl halides is 2. The smallest absolute Gasteiger partial charge is 0.380 e. The molecule has 1 saturated heterocycles. The molecule has 3 rings (SSSR count). The van der Waals surface area contributed by atoms with Crippen LogP contribution >= 0.6 is 7.60 Å². The number of carbonyl (C=O) groups is 2. The van der Waals surface area contributed by atoms with Gasteiger partial charge in [-0.15, -0.1) is 0 Å². The van der Waals surface area contributed by atoms with Gasteiger partial charge in [0.1, 0.15) is 30.5 Å². The van der Waals surface area contributed by atoms with Crippen LogP contribution in [0.2, 0.25) is 0 Å². The first-order chi connectivity index (χ1) is 17.8. The maximum absolute atomic E-state index is 15.8. The first-order valence-corrected chi connectivity index (χ1v) is 13.8. The summed E-state index contributed by atoms with van der Waals surface area (Å²) in [4.78, 5) is 25.0. The van der Waals surface area contributed by atoms with E-state index in [1.165, 1.54) is 26.0 Å². The fraction of sp³-hybridized carbons (Fsp3) is 0.520. The lowest BCUT2D eigenvalue weighted by Gasteiger charge is -2.36. The van der Waals surface area contributed by atoms with E-state index in [-0.39, 0.29) is 11.6 Å². The molecule has 0 aliphatic carbocycles. The highest BCUT2D eigenvalue weighted by atomic mass is 31.2. The Balaban J connectivity index is 1.85. The quantitative estimate of drug-likeness (QED) is 0.311. The summed E-state index contributed by atoms with van der Waals surface area (Å²) in [6, 6.07) is 8.07. The summed E-state index contributed by atoms with van der Waals surface area (Å²) in [5.74, 6) is -1.95. The van der Waals surface area contributed by atoms with E-state index in [0.29, 0.717) is 0 Å². The van der Waals surface area contributed by atoms with E-state index in [1.807, 2.05) is 0 Å². The Hall–Kier alpha value is -2.79. The molecule has 0 radical (unpaired) electrons. The standard InChI is InChI=1S/C25H33F2N2O8P/c1-15(2)34-23(32)16(3)13-38(33,37-19-9-7-6-8-10-19)36-17(4)21-22(31)25(27,14-26)24(35-21)29-12-11-20(30)28-18(29)5/h6-12,15-17,21-22,24,31H,5,13-14H2,1-4H3,(H,28,30)/t16-,17-,21-,22+,24-,25?,38-/m1/s1. The fourth-order valence-electron chi connectivity index (χ4n) is 4.09. The third kappa shape index (κ3) is 6.61. The second-order valence-corrected chi connectivity index (χ2v) is 11.5. The summed E-state index contributed by atoms with van der Waals surface area (Å²) in [6.45, 7) is 8.17. The number of para-hydroxylation sites is 1. The predicted molar refractivity (Wildman–Crippen MR) is 133 cm³/mol. The number of benzene rings is 1. The first kappa shape index (κ1) is 29.8. The van der Waals surface area contributed by atoms with Crippen molar-refractivity contribution in [2.24, 2.45) is 5.92 Å². The molecule has 2 aliphatic heterocycles. The van der Waals surface area contributed by atoms with E-state index < -0.39 is 74.5 Å². The molecule has 13 heteroatoms. The Morgan fingerprint density at radius 2 is 1.95 bits per heavy atom. The Labute approximate surface area is 220 Å². The molecule has 0 aromatic heterocycles. The Morgan fingerprint density at radius 3 is 2.53 bits per heavy atom. The van der Waals surface area contributed by atoms with Crippen molar-refractivity contribution in [1.29, 1.82) is 0 Å². The van der Waals surface area contributed by atoms with Crippen molar-refractivity contribution in [3.8, 4) is 5.75 Å². The maximum atomic E-state index is 15.8. The van der Waals surface area contributed by atoms with Gasteiger partial charge < -0.3 is 29.3 Å². The van der Waals surface area contributed by atoms with Crippen LogP contribution in [0.3, 0.4) is 0 Å². The van der Waals surface area contributed by atoms with Gasteiger partial charge in [0.25, 0.3) is 5.91 Å². The highest BCUT2D eigenvalue weighted by molar-refractivity contribution is 7.54. The molecule has 1 aromatic rings. The number of aliphatic hydroxyl groups excluding tert-OH is 1. The molecule has 2 heterocycles. The van der Waals surface area contributed by atoms with E-state index in [9.17, 15) is 23.7 Å². The molecule has 0 saturated carbocycles. The van der Waals surface area contributed by atoms with Crippen molar-refractivity contribution in [2.75, 3.05) is 12.8 Å². The van der Waals surface area contributed by atoms with Crippen LogP contribution in [-0.4, -0.2) is 71.0 Å². The highest BCUT2D eigenvalue weighted by Crippen LogP contribution is 2.53. The third-order valence-electron chi connectivity index (χ3n) is 5.95. The lowest BCUT2D eigenvalue weighted by atomic mass is 9.95. The number of aliphatic hydroxyl groups is 1. The number of amides is 1. The van der Waals surface area contributed by atoms with Crippen LogP contribution in [-0.2, 0) is 28.2 Å². The van der Waals surface area contributed by atoms with Gasteiger partial charge in [0.2, 0.25) is 5.67 Å². The zero-order valence-electron chi connectivity index (χ0n) is 21.6. The van der Waals surface area contributed by atoms with Crippen LogP contribution in [0.5, 0.6) is 5.75 Å². The molecule has 0 spiro atoms. The summed E-state index contributed by atoms with van der Waals surface area (Å²) < 4.78 is 66.0. The average molecular weight is 559 g/mol. The van der Waals surface area contributed by atoms with Crippen LogP contribution in [0, 0.1) is 5.92 Å². The van der Waals surface area contributed by atoms with Crippen molar-refractivity contribution in [2.45, 2.75) is 64.0 Å². The van der Waals surface area contributed by atoms with E-state index in [1.54, 1.807) is 32.0 Å². The predicted octanol–water partition coefficient (Wildman–Crippen LogP) is 3.43. The van der Waals surface area contributed by atoms with Gasteiger partial charge in [-0.3, -0.25) is 14.1 Å². The number of nitrogens with one attached hydrogen (secondary N) is 1. The number of halogens is 2. The number of esters is 1. The summed E-state index contributed by atoms with van der Waals surface area (Å²) in [5.41, 5.74) is -2.95. The van der Waals surface area contributed by atoms with Crippen LogP contribution in [0.4, 0.5) is 8.78 Å². The summed E-state index contributed by atoms with van der Waals surface area (Å²) in [6.07, 6.45) is -5.16. The molecule has 0 bridgehead atoms. The topological polar surface area (TPSA) is 124 Å². The van der Waals surface area contributed by atoms with Crippen molar-refractivity contribution in [3.63, 3.8) is 0 Å². The molecule has 1 unspecified atom stereocenters. The fourth-order valence-corrected chi connectivity index (χ4v) is 6.18. The van der Waals surface area contributed by atoms with Gasteiger partial charge in [0.05, 0.1) is 24.3 Å². The minimum Gasteiger partial charge on any atom is -0.463 e. The van der Waals surface area contributed by atoms with Crippen molar-refractivity contribution >= 4 is 19.5 Å². The minimum absolute atomic E-state index is 0.0880. The van der Waals surface area contributed by atoms with Crippen LogP contribution in [0.1, 0.15) is 27.7 Å². The summed E-state index contributed by atoms with van der Waals surface area (Å²) in [7, 11) is -4.16. The summed E-state index contributed by atoms with van der Waals surface area (Å²) in [5, 5.41) is 13.1. The third-order valence-corrected chi connectivity index (χ3v) is 8.09. The lowest BCUT2D eigenvalue weighted by Crippen LogP contribution is -2.54. The number of carbonyl (C=O) groups excluding carboxylic acids is 2. The largest absolute Gasteiger partial charge is 0.463 e. The number of rotatable bonds is 11. The van der Waals surface area contributed by atoms with Gasteiger partial charge >= 0.3 is 13.6 Å².